The molecule has 1 amide bonds. The van der Waals surface area contributed by atoms with Gasteiger partial charge in [-0.2, -0.15) is 5.10 Å². The highest BCUT2D eigenvalue weighted by molar-refractivity contribution is 9.10. The van der Waals surface area contributed by atoms with Crippen LogP contribution >= 0.6 is 15.9 Å². The predicted octanol–water partition coefficient (Wildman–Crippen LogP) is 1.94. The standard InChI is InChI=1S/C14H16BrN5O/c1-9-16-6-11-12(18-9)3-2-4-13(11)19-14(21)8-20-7-10(15)5-17-20/h5-7,13H,2-4,8H2,1H3,(H,19,21). The molecule has 0 radical (unpaired) electrons. The van der Waals surface area contributed by atoms with Gasteiger partial charge in [-0.15, -0.1) is 0 Å². The Balaban J connectivity index is 1.70. The first kappa shape index (κ1) is 14.2. The van der Waals surface area contributed by atoms with Gasteiger partial charge in [0.25, 0.3) is 0 Å². The van der Waals surface area contributed by atoms with Crippen LogP contribution in [0, 0.1) is 6.92 Å². The molecule has 2 heterocycles. The van der Waals surface area contributed by atoms with Gasteiger partial charge in [0.1, 0.15) is 12.4 Å². The van der Waals surface area contributed by atoms with Gasteiger partial charge in [0.2, 0.25) is 5.91 Å². The summed E-state index contributed by atoms with van der Waals surface area (Å²) in [6.07, 6.45) is 8.19. The van der Waals surface area contributed by atoms with E-state index in [1.165, 1.54) is 0 Å². The Kier molecular flexibility index (Phi) is 4.01. The molecule has 2 aromatic heterocycles. The number of carbonyl (C=O) groups is 1. The molecular weight excluding hydrogens is 334 g/mol. The summed E-state index contributed by atoms with van der Waals surface area (Å²) in [5, 5.41) is 7.15. The molecular formula is C14H16BrN5O. The van der Waals surface area contributed by atoms with Crippen LogP contribution in [0.25, 0.3) is 0 Å². The number of fused-ring (bicyclic) bond motifs is 1. The topological polar surface area (TPSA) is 72.7 Å². The van der Waals surface area contributed by atoms with Gasteiger partial charge in [0.15, 0.2) is 0 Å². The van der Waals surface area contributed by atoms with E-state index in [4.69, 9.17) is 0 Å². The van der Waals surface area contributed by atoms with Gasteiger partial charge >= 0.3 is 0 Å². The second kappa shape index (κ2) is 5.93. The summed E-state index contributed by atoms with van der Waals surface area (Å²) in [6.45, 7) is 2.10. The van der Waals surface area contributed by atoms with Gasteiger partial charge in [-0.1, -0.05) is 0 Å². The minimum atomic E-state index is -0.0518. The Bertz CT molecular complexity index is 669. The van der Waals surface area contributed by atoms with Crippen molar-refractivity contribution in [1.82, 2.24) is 25.1 Å². The smallest absolute Gasteiger partial charge is 0.242 e. The maximum absolute atomic E-state index is 12.1. The summed E-state index contributed by atoms with van der Waals surface area (Å²) in [5.74, 6) is 0.728. The van der Waals surface area contributed by atoms with Gasteiger partial charge in [-0.05, 0) is 42.1 Å². The van der Waals surface area contributed by atoms with Crippen LogP contribution in [-0.4, -0.2) is 25.7 Å². The van der Waals surface area contributed by atoms with E-state index >= 15 is 0 Å². The van der Waals surface area contributed by atoms with Crippen molar-refractivity contribution in [3.05, 3.63) is 40.1 Å². The maximum Gasteiger partial charge on any atom is 0.242 e. The third-order valence-corrected chi connectivity index (χ3v) is 3.95. The van der Waals surface area contributed by atoms with E-state index in [2.05, 4.69) is 36.3 Å². The third-order valence-electron chi connectivity index (χ3n) is 3.54. The van der Waals surface area contributed by atoms with Crippen LogP contribution in [-0.2, 0) is 17.8 Å². The van der Waals surface area contributed by atoms with Crippen molar-refractivity contribution in [1.29, 1.82) is 0 Å². The Morgan fingerprint density at radius 2 is 2.38 bits per heavy atom. The van der Waals surface area contributed by atoms with Crippen molar-refractivity contribution in [3.8, 4) is 0 Å². The lowest BCUT2D eigenvalue weighted by Crippen LogP contribution is -2.34. The normalized spacial score (nSPS) is 17.3. The second-order valence-corrected chi connectivity index (χ2v) is 6.10. The molecule has 1 aliphatic carbocycles. The van der Waals surface area contributed by atoms with Crippen LogP contribution in [0.5, 0.6) is 0 Å². The lowest BCUT2D eigenvalue weighted by molar-refractivity contribution is -0.122. The zero-order valence-electron chi connectivity index (χ0n) is 11.7. The molecule has 0 aliphatic heterocycles. The largest absolute Gasteiger partial charge is 0.348 e. The van der Waals surface area contributed by atoms with Crippen molar-refractivity contribution in [2.45, 2.75) is 38.8 Å². The molecule has 21 heavy (non-hydrogen) atoms. The zero-order valence-corrected chi connectivity index (χ0v) is 13.3. The van der Waals surface area contributed by atoms with E-state index in [9.17, 15) is 4.79 Å². The second-order valence-electron chi connectivity index (χ2n) is 5.19. The van der Waals surface area contributed by atoms with Crippen LogP contribution in [0.1, 0.15) is 36.0 Å². The molecule has 6 nitrogen and oxygen atoms in total. The number of hydrogen-bond donors (Lipinski definition) is 1. The molecule has 1 aliphatic rings. The first-order valence-electron chi connectivity index (χ1n) is 6.91. The zero-order chi connectivity index (χ0) is 14.8. The number of nitrogens with zero attached hydrogens (tertiary/aromatic N) is 4. The highest BCUT2D eigenvalue weighted by Gasteiger charge is 2.23. The molecule has 0 saturated heterocycles. The minimum Gasteiger partial charge on any atom is -0.348 e. The van der Waals surface area contributed by atoms with Crippen LogP contribution < -0.4 is 5.32 Å². The number of carbonyl (C=O) groups excluding carboxylic acids is 1. The van der Waals surface area contributed by atoms with Crippen LogP contribution in [0.3, 0.4) is 0 Å². The molecule has 0 fully saturated rings. The molecule has 0 saturated carbocycles. The Labute approximate surface area is 131 Å². The molecule has 1 unspecified atom stereocenters. The van der Waals surface area contributed by atoms with Crippen molar-refractivity contribution in [2.24, 2.45) is 0 Å². The minimum absolute atomic E-state index is 0.000790. The van der Waals surface area contributed by atoms with Gasteiger partial charge in [-0.3, -0.25) is 9.48 Å². The van der Waals surface area contributed by atoms with Crippen LogP contribution in [0.15, 0.2) is 23.1 Å². The lowest BCUT2D eigenvalue weighted by atomic mass is 9.92. The summed E-state index contributed by atoms with van der Waals surface area (Å²) >= 11 is 3.32. The molecule has 110 valence electrons. The van der Waals surface area contributed by atoms with E-state index in [0.717, 1.165) is 40.8 Å². The van der Waals surface area contributed by atoms with E-state index in [-0.39, 0.29) is 18.5 Å². The number of halogens is 1. The molecule has 1 N–H and O–H groups in total. The van der Waals surface area contributed by atoms with Gasteiger partial charge in [0.05, 0.1) is 16.7 Å². The molecule has 3 rings (SSSR count). The molecule has 0 bridgehead atoms. The first-order valence-corrected chi connectivity index (χ1v) is 7.71. The average molecular weight is 350 g/mol. The summed E-state index contributed by atoms with van der Waals surface area (Å²) in [6, 6.07) is 0.000790. The molecule has 1 atom stereocenters. The molecule has 0 aromatic carbocycles. The fourth-order valence-electron chi connectivity index (χ4n) is 2.61. The fourth-order valence-corrected chi connectivity index (χ4v) is 2.94. The first-order chi connectivity index (χ1) is 10.1. The summed E-state index contributed by atoms with van der Waals surface area (Å²) in [4.78, 5) is 20.9. The van der Waals surface area contributed by atoms with Crippen molar-refractivity contribution in [2.75, 3.05) is 0 Å². The predicted molar refractivity (Wildman–Crippen MR) is 80.5 cm³/mol. The molecule has 0 spiro atoms. The van der Waals surface area contributed by atoms with Crippen LogP contribution in [0.2, 0.25) is 0 Å². The van der Waals surface area contributed by atoms with E-state index in [1.807, 2.05) is 13.1 Å². The van der Waals surface area contributed by atoms with Gasteiger partial charge < -0.3 is 5.32 Å². The molecule has 7 heteroatoms. The quantitative estimate of drug-likeness (QED) is 0.918. The number of aryl methyl sites for hydroxylation is 2. The van der Waals surface area contributed by atoms with Crippen molar-refractivity contribution < 1.29 is 4.79 Å². The fraction of sp³-hybridized carbons (Fsp3) is 0.429. The maximum atomic E-state index is 12.1. The number of rotatable bonds is 3. The Hall–Kier alpha value is -1.76. The van der Waals surface area contributed by atoms with Crippen LogP contribution in [0.4, 0.5) is 0 Å². The summed E-state index contributed by atoms with van der Waals surface area (Å²) in [7, 11) is 0. The Morgan fingerprint density at radius 3 is 3.14 bits per heavy atom. The average Bonchev–Trinajstić information content (AvgIpc) is 2.83. The van der Waals surface area contributed by atoms with E-state index in [0.29, 0.717) is 0 Å². The van der Waals surface area contributed by atoms with Gasteiger partial charge in [0, 0.05) is 23.7 Å². The highest BCUT2D eigenvalue weighted by Crippen LogP contribution is 2.27. The number of amides is 1. The van der Waals surface area contributed by atoms with Crippen molar-refractivity contribution >= 4 is 21.8 Å². The number of aromatic nitrogens is 4. The monoisotopic (exact) mass is 349 g/mol. The summed E-state index contributed by atoms with van der Waals surface area (Å²) < 4.78 is 2.47. The van der Waals surface area contributed by atoms with Crippen molar-refractivity contribution in [3.63, 3.8) is 0 Å². The highest BCUT2D eigenvalue weighted by atomic mass is 79.9. The molecule has 2 aromatic rings. The third kappa shape index (κ3) is 3.29. The number of nitrogens with one attached hydrogen (secondary N) is 1. The lowest BCUT2D eigenvalue weighted by Gasteiger charge is -2.25. The van der Waals surface area contributed by atoms with E-state index < -0.39 is 0 Å². The van der Waals surface area contributed by atoms with E-state index in [1.54, 1.807) is 17.1 Å². The van der Waals surface area contributed by atoms with Gasteiger partial charge in [-0.25, -0.2) is 9.97 Å². The SMILES string of the molecule is Cc1ncc2c(n1)CCCC2NC(=O)Cn1cc(Br)cn1. The summed E-state index contributed by atoms with van der Waals surface area (Å²) in [5.41, 5.74) is 2.10. The Morgan fingerprint density at radius 1 is 1.52 bits per heavy atom. The number of hydrogen-bond acceptors (Lipinski definition) is 4.